The molecule has 0 saturated carbocycles. The van der Waals surface area contributed by atoms with Gasteiger partial charge in [-0.1, -0.05) is 17.7 Å². The molecule has 1 N–H and O–H groups in total. The van der Waals surface area contributed by atoms with Crippen molar-refractivity contribution in [2.75, 3.05) is 14.2 Å². The molecule has 0 aliphatic rings. The van der Waals surface area contributed by atoms with E-state index in [0.717, 1.165) is 11.4 Å². The van der Waals surface area contributed by atoms with Crippen LogP contribution in [-0.4, -0.2) is 23.7 Å². The number of benzene rings is 1. The van der Waals surface area contributed by atoms with Crippen molar-refractivity contribution >= 4 is 11.6 Å². The minimum absolute atomic E-state index is 0.0103. The van der Waals surface area contributed by atoms with Crippen molar-refractivity contribution < 1.29 is 4.74 Å². The van der Waals surface area contributed by atoms with Crippen molar-refractivity contribution in [2.24, 2.45) is 7.05 Å². The van der Waals surface area contributed by atoms with Crippen LogP contribution in [0.5, 0.6) is 5.75 Å². The standard InChI is InChI=1S/C13H16ClN3O/c1-15-12(13-16-6-7-17(13)2)9-4-5-10(14)11(8-9)18-3/h4-8,12,15H,1-3H3. The second kappa shape index (κ2) is 5.42. The zero-order valence-electron chi connectivity index (χ0n) is 10.6. The van der Waals surface area contributed by atoms with Crippen molar-refractivity contribution in [3.05, 3.63) is 47.0 Å². The largest absolute Gasteiger partial charge is 0.495 e. The summed E-state index contributed by atoms with van der Waals surface area (Å²) in [7, 11) is 5.49. The number of methoxy groups -OCH3 is 1. The normalized spacial score (nSPS) is 12.4. The quantitative estimate of drug-likeness (QED) is 0.923. The summed E-state index contributed by atoms with van der Waals surface area (Å²) in [5, 5.41) is 3.86. The summed E-state index contributed by atoms with van der Waals surface area (Å²) in [5.74, 6) is 1.62. The van der Waals surface area contributed by atoms with E-state index in [2.05, 4.69) is 10.3 Å². The Morgan fingerprint density at radius 2 is 2.22 bits per heavy atom. The Balaban J connectivity index is 2.42. The predicted molar refractivity (Wildman–Crippen MR) is 72.1 cm³/mol. The molecule has 1 aromatic heterocycles. The Hall–Kier alpha value is -1.52. The molecule has 0 fully saturated rings. The van der Waals surface area contributed by atoms with E-state index >= 15 is 0 Å². The number of hydrogen-bond acceptors (Lipinski definition) is 3. The second-order valence-electron chi connectivity index (χ2n) is 4.01. The smallest absolute Gasteiger partial charge is 0.137 e. The van der Waals surface area contributed by atoms with Crippen LogP contribution in [0.15, 0.2) is 30.6 Å². The monoisotopic (exact) mass is 265 g/mol. The lowest BCUT2D eigenvalue weighted by Crippen LogP contribution is -2.21. The van der Waals surface area contributed by atoms with Gasteiger partial charge >= 0.3 is 0 Å². The third-order valence-corrected chi connectivity index (χ3v) is 3.23. The summed E-state index contributed by atoms with van der Waals surface area (Å²) in [6, 6.07) is 5.75. The lowest BCUT2D eigenvalue weighted by Gasteiger charge is -2.17. The highest BCUT2D eigenvalue weighted by molar-refractivity contribution is 6.32. The fourth-order valence-electron chi connectivity index (χ4n) is 1.96. The third-order valence-electron chi connectivity index (χ3n) is 2.91. The van der Waals surface area contributed by atoms with Crippen LogP contribution < -0.4 is 10.1 Å². The van der Waals surface area contributed by atoms with Crippen molar-refractivity contribution in [2.45, 2.75) is 6.04 Å². The molecule has 18 heavy (non-hydrogen) atoms. The summed E-state index contributed by atoms with van der Waals surface area (Å²) in [5.41, 5.74) is 1.06. The zero-order chi connectivity index (χ0) is 13.1. The second-order valence-corrected chi connectivity index (χ2v) is 4.42. The molecule has 4 nitrogen and oxygen atoms in total. The average Bonchev–Trinajstić information content (AvgIpc) is 2.79. The lowest BCUT2D eigenvalue weighted by atomic mass is 10.1. The van der Waals surface area contributed by atoms with Gasteiger partial charge in [-0.3, -0.25) is 0 Å². The Morgan fingerprint density at radius 1 is 1.44 bits per heavy atom. The fraction of sp³-hybridized carbons (Fsp3) is 0.308. The first-order valence-corrected chi connectivity index (χ1v) is 6.03. The van der Waals surface area contributed by atoms with Crippen LogP contribution in [-0.2, 0) is 7.05 Å². The summed E-state index contributed by atoms with van der Waals surface area (Å²) >= 11 is 6.03. The van der Waals surface area contributed by atoms with E-state index in [4.69, 9.17) is 16.3 Å². The van der Waals surface area contributed by atoms with Crippen molar-refractivity contribution in [1.82, 2.24) is 14.9 Å². The van der Waals surface area contributed by atoms with E-state index in [1.807, 2.05) is 43.1 Å². The van der Waals surface area contributed by atoms with E-state index in [-0.39, 0.29) is 6.04 Å². The highest BCUT2D eigenvalue weighted by Gasteiger charge is 2.17. The molecule has 1 heterocycles. The summed E-state index contributed by atoms with van der Waals surface area (Å²) in [6.45, 7) is 0. The van der Waals surface area contributed by atoms with Crippen LogP contribution in [0.25, 0.3) is 0 Å². The van der Waals surface area contributed by atoms with E-state index in [9.17, 15) is 0 Å². The van der Waals surface area contributed by atoms with Crippen LogP contribution in [0.2, 0.25) is 5.02 Å². The number of aromatic nitrogens is 2. The van der Waals surface area contributed by atoms with E-state index in [1.165, 1.54) is 0 Å². The number of imidazole rings is 1. The number of halogens is 1. The molecule has 5 heteroatoms. The molecule has 0 bridgehead atoms. The highest BCUT2D eigenvalue weighted by atomic mass is 35.5. The highest BCUT2D eigenvalue weighted by Crippen LogP contribution is 2.29. The third kappa shape index (κ3) is 2.35. The van der Waals surface area contributed by atoms with Gasteiger partial charge in [0.15, 0.2) is 0 Å². The number of rotatable bonds is 4. The molecule has 1 aromatic carbocycles. The Labute approximate surface area is 112 Å². The number of nitrogens with one attached hydrogen (secondary N) is 1. The van der Waals surface area contributed by atoms with Crippen molar-refractivity contribution in [3.63, 3.8) is 0 Å². The first-order chi connectivity index (χ1) is 8.67. The molecule has 1 unspecified atom stereocenters. The Morgan fingerprint density at radius 3 is 2.78 bits per heavy atom. The van der Waals surface area contributed by atoms with Crippen LogP contribution in [0, 0.1) is 0 Å². The van der Waals surface area contributed by atoms with E-state index in [1.54, 1.807) is 13.3 Å². The maximum Gasteiger partial charge on any atom is 0.137 e. The molecule has 0 amide bonds. The number of ether oxygens (including phenoxy) is 1. The molecule has 2 aromatic rings. The first kappa shape index (κ1) is 12.9. The van der Waals surface area contributed by atoms with E-state index < -0.39 is 0 Å². The van der Waals surface area contributed by atoms with Gasteiger partial charge in [-0.2, -0.15) is 0 Å². The molecule has 0 aliphatic heterocycles. The van der Waals surface area contributed by atoms with Gasteiger partial charge in [-0.25, -0.2) is 4.98 Å². The number of nitrogens with zero attached hydrogens (tertiary/aromatic N) is 2. The maximum atomic E-state index is 6.03. The fourth-order valence-corrected chi connectivity index (χ4v) is 2.15. The van der Waals surface area contributed by atoms with Gasteiger partial charge in [-0.05, 0) is 24.7 Å². The summed E-state index contributed by atoms with van der Waals surface area (Å²) in [6.07, 6.45) is 3.71. The van der Waals surface area contributed by atoms with Crippen LogP contribution in [0.3, 0.4) is 0 Å². The van der Waals surface area contributed by atoms with Crippen LogP contribution in [0.1, 0.15) is 17.4 Å². The van der Waals surface area contributed by atoms with Gasteiger partial charge in [0.1, 0.15) is 11.6 Å². The van der Waals surface area contributed by atoms with Gasteiger partial charge in [-0.15, -0.1) is 0 Å². The Kier molecular flexibility index (Phi) is 3.89. The SMILES string of the molecule is CNC(c1ccc(Cl)c(OC)c1)c1nccn1C. The van der Waals surface area contributed by atoms with Gasteiger partial charge in [0.2, 0.25) is 0 Å². The molecular formula is C13H16ClN3O. The van der Waals surface area contributed by atoms with E-state index in [0.29, 0.717) is 10.8 Å². The molecular weight excluding hydrogens is 250 g/mol. The Bertz CT molecular complexity index is 539. The predicted octanol–water partition coefficient (Wildman–Crippen LogP) is 2.39. The molecule has 1 atom stereocenters. The zero-order valence-corrected chi connectivity index (χ0v) is 11.4. The van der Waals surface area contributed by atoms with Crippen molar-refractivity contribution in [3.8, 4) is 5.75 Å². The minimum atomic E-state index is 0.0103. The van der Waals surface area contributed by atoms with Crippen LogP contribution >= 0.6 is 11.6 Å². The van der Waals surface area contributed by atoms with Gasteiger partial charge in [0, 0.05) is 19.4 Å². The maximum absolute atomic E-state index is 6.03. The van der Waals surface area contributed by atoms with Gasteiger partial charge < -0.3 is 14.6 Å². The first-order valence-electron chi connectivity index (χ1n) is 5.65. The molecule has 2 rings (SSSR count). The van der Waals surface area contributed by atoms with Gasteiger partial charge in [0.25, 0.3) is 0 Å². The molecule has 0 radical (unpaired) electrons. The molecule has 0 spiro atoms. The van der Waals surface area contributed by atoms with Crippen molar-refractivity contribution in [1.29, 1.82) is 0 Å². The molecule has 96 valence electrons. The number of hydrogen-bond donors (Lipinski definition) is 1. The summed E-state index contributed by atoms with van der Waals surface area (Å²) in [4.78, 5) is 4.37. The lowest BCUT2D eigenvalue weighted by molar-refractivity contribution is 0.414. The minimum Gasteiger partial charge on any atom is -0.495 e. The average molecular weight is 266 g/mol. The van der Waals surface area contributed by atoms with Gasteiger partial charge in [0.05, 0.1) is 18.2 Å². The summed E-state index contributed by atoms with van der Waals surface area (Å²) < 4.78 is 7.23. The van der Waals surface area contributed by atoms with Crippen LogP contribution in [0.4, 0.5) is 0 Å². The number of aryl methyl sites for hydroxylation is 1. The molecule has 0 aliphatic carbocycles. The molecule has 0 saturated heterocycles. The topological polar surface area (TPSA) is 39.1 Å².